The van der Waals surface area contributed by atoms with Gasteiger partial charge >= 0.3 is 5.97 Å². The van der Waals surface area contributed by atoms with Gasteiger partial charge in [-0.1, -0.05) is 24.3 Å². The van der Waals surface area contributed by atoms with Crippen molar-refractivity contribution < 1.29 is 29.3 Å². The smallest absolute Gasteiger partial charge is 0.338 e. The van der Waals surface area contributed by atoms with Crippen molar-refractivity contribution in [3.8, 4) is 5.75 Å². The molecule has 0 fully saturated rings. The summed E-state index contributed by atoms with van der Waals surface area (Å²) in [5, 5.41) is 19.6. The Hall–Kier alpha value is -2.38. The highest BCUT2D eigenvalue weighted by Gasteiger charge is 2.34. The van der Waals surface area contributed by atoms with Crippen LogP contribution in [0.25, 0.3) is 0 Å². The summed E-state index contributed by atoms with van der Waals surface area (Å²) in [6.07, 6.45) is -3.85. The Balaban J connectivity index is 2.92. The molecule has 2 atom stereocenters. The first-order chi connectivity index (χ1) is 11.3. The van der Waals surface area contributed by atoms with Crippen molar-refractivity contribution in [2.75, 3.05) is 20.8 Å². The molecule has 1 aromatic rings. The summed E-state index contributed by atoms with van der Waals surface area (Å²) in [7, 11) is 2.61. The first-order valence-electron chi connectivity index (χ1n) is 7.30. The van der Waals surface area contributed by atoms with Gasteiger partial charge < -0.3 is 24.6 Å². The molecule has 0 aromatic heterocycles. The van der Waals surface area contributed by atoms with Gasteiger partial charge in [0.1, 0.15) is 5.75 Å². The lowest BCUT2D eigenvalue weighted by molar-refractivity contribution is -0.164. The van der Waals surface area contributed by atoms with E-state index >= 15 is 0 Å². The van der Waals surface area contributed by atoms with E-state index in [1.54, 1.807) is 38.3 Å². The third-order valence-corrected chi connectivity index (χ3v) is 3.30. The number of methoxy groups -OCH3 is 2. The second-order valence-electron chi connectivity index (χ2n) is 5.41. The molecule has 7 heteroatoms. The fourth-order valence-electron chi connectivity index (χ4n) is 2.06. The van der Waals surface area contributed by atoms with E-state index in [1.165, 1.54) is 4.90 Å². The zero-order chi connectivity index (χ0) is 18.3. The van der Waals surface area contributed by atoms with Gasteiger partial charge in [0.15, 0.2) is 12.2 Å². The maximum atomic E-state index is 12.4. The standard InChI is InChI=1S/C17H23NO6/c1-11(2)9-18(10-12-5-7-13(23-3)8-6-12)16(21)14(19)15(20)17(22)24-4/h5-8,14-15,19-20H,1,9-10H2,2-4H3. The second kappa shape index (κ2) is 9.05. The molecule has 7 nitrogen and oxygen atoms in total. The summed E-state index contributed by atoms with van der Waals surface area (Å²) in [6, 6.07) is 7.05. The highest BCUT2D eigenvalue weighted by molar-refractivity contribution is 5.88. The van der Waals surface area contributed by atoms with Crippen LogP contribution in [0.3, 0.4) is 0 Å². The quantitative estimate of drug-likeness (QED) is 0.529. The molecule has 0 radical (unpaired) electrons. The van der Waals surface area contributed by atoms with E-state index in [2.05, 4.69) is 11.3 Å². The lowest BCUT2D eigenvalue weighted by Gasteiger charge is -2.27. The number of hydrogen-bond donors (Lipinski definition) is 2. The number of carbonyl (C=O) groups is 2. The van der Waals surface area contributed by atoms with Gasteiger partial charge in [-0.25, -0.2) is 4.79 Å². The summed E-state index contributed by atoms with van der Waals surface area (Å²) in [6.45, 7) is 5.84. The molecule has 132 valence electrons. The number of benzene rings is 1. The van der Waals surface area contributed by atoms with Crippen LogP contribution in [0.4, 0.5) is 0 Å². The number of carbonyl (C=O) groups excluding carboxylic acids is 2. The van der Waals surface area contributed by atoms with Crippen LogP contribution in [0.5, 0.6) is 5.75 Å². The summed E-state index contributed by atoms with van der Waals surface area (Å²) in [5.74, 6) is -1.18. The van der Waals surface area contributed by atoms with E-state index in [9.17, 15) is 19.8 Å². The van der Waals surface area contributed by atoms with Crippen molar-refractivity contribution in [2.24, 2.45) is 0 Å². The Kier molecular flexibility index (Phi) is 7.41. The fraction of sp³-hybridized carbons (Fsp3) is 0.412. The lowest BCUT2D eigenvalue weighted by Crippen LogP contribution is -2.48. The molecule has 0 heterocycles. The first-order valence-corrected chi connectivity index (χ1v) is 7.30. The number of hydrogen-bond acceptors (Lipinski definition) is 6. The molecule has 0 spiro atoms. The highest BCUT2D eigenvalue weighted by Crippen LogP contribution is 2.15. The van der Waals surface area contributed by atoms with Crippen molar-refractivity contribution in [3.05, 3.63) is 42.0 Å². The molecule has 2 unspecified atom stereocenters. The molecule has 0 aliphatic carbocycles. The van der Waals surface area contributed by atoms with Crippen molar-refractivity contribution in [3.63, 3.8) is 0 Å². The third kappa shape index (κ3) is 5.36. The largest absolute Gasteiger partial charge is 0.497 e. The topological polar surface area (TPSA) is 96.3 Å². The van der Waals surface area contributed by atoms with Crippen LogP contribution < -0.4 is 4.74 Å². The van der Waals surface area contributed by atoms with Crippen LogP contribution in [0.2, 0.25) is 0 Å². The minimum atomic E-state index is -1.94. The van der Waals surface area contributed by atoms with E-state index in [1.807, 2.05) is 0 Å². The number of ether oxygens (including phenoxy) is 2. The van der Waals surface area contributed by atoms with E-state index in [0.29, 0.717) is 11.3 Å². The molecule has 24 heavy (non-hydrogen) atoms. The van der Waals surface area contributed by atoms with Crippen LogP contribution in [0.1, 0.15) is 12.5 Å². The molecule has 0 saturated carbocycles. The van der Waals surface area contributed by atoms with Gasteiger partial charge in [-0.2, -0.15) is 0 Å². The fourth-order valence-corrected chi connectivity index (χ4v) is 2.06. The molecule has 1 amide bonds. The molecule has 0 aliphatic rings. The van der Waals surface area contributed by atoms with E-state index in [0.717, 1.165) is 12.7 Å². The number of esters is 1. The van der Waals surface area contributed by atoms with E-state index in [4.69, 9.17) is 4.74 Å². The normalized spacial score (nSPS) is 12.9. The van der Waals surface area contributed by atoms with Gasteiger partial charge in [0.25, 0.3) is 5.91 Å². The van der Waals surface area contributed by atoms with Crippen molar-refractivity contribution in [1.82, 2.24) is 4.90 Å². The lowest BCUT2D eigenvalue weighted by atomic mass is 10.1. The average Bonchev–Trinajstić information content (AvgIpc) is 2.58. The van der Waals surface area contributed by atoms with Crippen LogP contribution in [0.15, 0.2) is 36.4 Å². The zero-order valence-electron chi connectivity index (χ0n) is 14.1. The average molecular weight is 337 g/mol. The Morgan fingerprint density at radius 2 is 1.75 bits per heavy atom. The van der Waals surface area contributed by atoms with Gasteiger partial charge in [0.2, 0.25) is 0 Å². The summed E-state index contributed by atoms with van der Waals surface area (Å²) < 4.78 is 9.41. The van der Waals surface area contributed by atoms with Crippen LogP contribution in [-0.4, -0.2) is 60.0 Å². The molecule has 1 rings (SSSR count). The molecular formula is C17H23NO6. The minimum absolute atomic E-state index is 0.176. The molecule has 2 N–H and O–H groups in total. The van der Waals surface area contributed by atoms with Crippen LogP contribution in [0, 0.1) is 0 Å². The Morgan fingerprint density at radius 3 is 2.21 bits per heavy atom. The Morgan fingerprint density at radius 1 is 1.17 bits per heavy atom. The van der Waals surface area contributed by atoms with Gasteiger partial charge in [-0.3, -0.25) is 4.79 Å². The number of amides is 1. The van der Waals surface area contributed by atoms with E-state index < -0.39 is 24.1 Å². The third-order valence-electron chi connectivity index (χ3n) is 3.30. The number of nitrogens with zero attached hydrogens (tertiary/aromatic N) is 1. The number of aliphatic hydroxyl groups excluding tert-OH is 2. The van der Waals surface area contributed by atoms with Crippen LogP contribution >= 0.6 is 0 Å². The van der Waals surface area contributed by atoms with Gasteiger partial charge in [0, 0.05) is 13.1 Å². The Bertz CT molecular complexity index is 583. The summed E-state index contributed by atoms with van der Waals surface area (Å²) >= 11 is 0. The van der Waals surface area contributed by atoms with Crippen molar-refractivity contribution in [2.45, 2.75) is 25.7 Å². The highest BCUT2D eigenvalue weighted by atomic mass is 16.5. The Labute approximate surface area is 141 Å². The minimum Gasteiger partial charge on any atom is -0.497 e. The molecule has 1 aromatic carbocycles. The molecule has 0 aliphatic heterocycles. The summed E-state index contributed by atoms with van der Waals surface area (Å²) in [4.78, 5) is 25.0. The van der Waals surface area contributed by atoms with Gasteiger partial charge in [0.05, 0.1) is 14.2 Å². The second-order valence-corrected chi connectivity index (χ2v) is 5.41. The van der Waals surface area contributed by atoms with Crippen molar-refractivity contribution in [1.29, 1.82) is 0 Å². The van der Waals surface area contributed by atoms with Crippen LogP contribution in [-0.2, 0) is 20.9 Å². The zero-order valence-corrected chi connectivity index (χ0v) is 14.1. The monoisotopic (exact) mass is 337 g/mol. The van der Waals surface area contributed by atoms with Gasteiger partial charge in [-0.15, -0.1) is 0 Å². The molecular weight excluding hydrogens is 314 g/mol. The van der Waals surface area contributed by atoms with Gasteiger partial charge in [-0.05, 0) is 24.6 Å². The molecule has 0 saturated heterocycles. The van der Waals surface area contributed by atoms with Crippen molar-refractivity contribution >= 4 is 11.9 Å². The van der Waals surface area contributed by atoms with E-state index in [-0.39, 0.29) is 13.1 Å². The first kappa shape index (κ1) is 19.7. The molecule has 0 bridgehead atoms. The predicted octanol–water partition coefficient (Wildman–Crippen LogP) is 0.495. The maximum Gasteiger partial charge on any atom is 0.338 e. The number of rotatable bonds is 8. The predicted molar refractivity (Wildman–Crippen MR) is 87.3 cm³/mol. The number of aliphatic hydroxyl groups is 2. The SMILES string of the molecule is C=C(C)CN(Cc1ccc(OC)cc1)C(=O)C(O)C(O)C(=O)OC. The maximum absolute atomic E-state index is 12.4. The summed E-state index contributed by atoms with van der Waals surface area (Å²) in [5.41, 5.74) is 1.49.